The van der Waals surface area contributed by atoms with Gasteiger partial charge in [0.1, 0.15) is 0 Å². The van der Waals surface area contributed by atoms with E-state index in [1.54, 1.807) is 0 Å². The van der Waals surface area contributed by atoms with Gasteiger partial charge in [0.2, 0.25) is 5.82 Å². The van der Waals surface area contributed by atoms with Gasteiger partial charge in [-0.1, -0.05) is 35.5 Å². The third kappa shape index (κ3) is 5.13. The van der Waals surface area contributed by atoms with Crippen molar-refractivity contribution in [2.24, 2.45) is 0 Å². The molecule has 8 nitrogen and oxygen atoms in total. The number of fused-ring (bicyclic) bond motifs is 1. The van der Waals surface area contributed by atoms with Crippen LogP contribution in [-0.4, -0.2) is 43.9 Å². The Morgan fingerprint density at radius 1 is 1.21 bits per heavy atom. The molecule has 0 spiro atoms. The number of aromatic nitrogens is 4. The molecule has 4 aromatic rings. The number of nitrogens with zero attached hydrogens (tertiary/aromatic N) is 4. The maximum atomic E-state index is 10.6. The predicted octanol–water partition coefficient (Wildman–Crippen LogP) is 4.51. The monoisotopic (exact) mass is 489 g/mol. The number of hydrogen-bond acceptors (Lipinski definition) is 8. The van der Waals surface area contributed by atoms with Crippen LogP contribution in [0.5, 0.6) is 0 Å². The van der Waals surface area contributed by atoms with Crippen LogP contribution >= 0.6 is 11.3 Å². The lowest BCUT2D eigenvalue weighted by molar-refractivity contribution is -0.192. The summed E-state index contributed by atoms with van der Waals surface area (Å²) in [5.41, 5.74) is 6.36. The molecule has 0 fully saturated rings. The third-order valence-electron chi connectivity index (χ3n) is 4.98. The normalized spacial score (nSPS) is 13.1. The molecule has 12 heteroatoms. The van der Waals surface area contributed by atoms with Gasteiger partial charge in [0.25, 0.3) is 5.89 Å². The number of carboxylic acids is 1. The molecule has 5 rings (SSSR count). The van der Waals surface area contributed by atoms with Gasteiger partial charge in [0.05, 0.1) is 5.69 Å². The van der Waals surface area contributed by atoms with Crippen molar-refractivity contribution in [1.29, 1.82) is 0 Å². The molecule has 1 aliphatic heterocycles. The third-order valence-corrected chi connectivity index (χ3v) is 5.81. The van der Waals surface area contributed by atoms with Gasteiger partial charge in [-0.2, -0.15) is 18.2 Å². The topological polar surface area (TPSA) is 114 Å². The largest absolute Gasteiger partial charge is 0.490 e. The minimum absolute atomic E-state index is 0.447. The van der Waals surface area contributed by atoms with Crippen molar-refractivity contribution < 1.29 is 27.6 Å². The SMILES string of the molecule is Cc1ncc2c(c1-c1noc(-c3nc(-c4ccccc4)cs3)n1)CCNC2.O=C(O)C(F)(F)F. The number of aliphatic carboxylic acids is 1. The number of alkyl halides is 3. The van der Waals surface area contributed by atoms with Crippen LogP contribution in [0.4, 0.5) is 13.2 Å². The van der Waals surface area contributed by atoms with Gasteiger partial charge in [-0.05, 0) is 31.0 Å². The van der Waals surface area contributed by atoms with Crippen LogP contribution < -0.4 is 5.32 Å². The molecule has 2 N–H and O–H groups in total. The first-order chi connectivity index (χ1) is 16.2. The van der Waals surface area contributed by atoms with Crippen LogP contribution in [-0.2, 0) is 17.8 Å². The highest BCUT2D eigenvalue weighted by Gasteiger charge is 2.38. The standard InChI is InChI=1S/C20H17N5OS.C2HF3O2/c1-12-17(15-7-8-21-9-14(15)10-22-12)18-24-19(26-25-18)20-23-16(11-27-20)13-5-3-2-4-6-13;3-2(4,5)1(6)7/h2-6,10-11,21H,7-9H2,1H3;(H,6,7). The summed E-state index contributed by atoms with van der Waals surface area (Å²) in [6.45, 7) is 3.76. The molecule has 0 saturated carbocycles. The summed E-state index contributed by atoms with van der Waals surface area (Å²) in [4.78, 5) is 22.7. The number of carbonyl (C=O) groups is 1. The van der Waals surface area contributed by atoms with Crippen LogP contribution in [0.2, 0.25) is 0 Å². The second kappa shape index (κ2) is 9.69. The quantitative estimate of drug-likeness (QED) is 0.432. The molecule has 4 heterocycles. The van der Waals surface area contributed by atoms with Crippen molar-refractivity contribution in [2.45, 2.75) is 26.1 Å². The number of thiazole rings is 1. The molecule has 0 amide bonds. The lowest BCUT2D eigenvalue weighted by Gasteiger charge is -2.19. The highest BCUT2D eigenvalue weighted by atomic mass is 32.1. The molecule has 0 atom stereocenters. The first-order valence-electron chi connectivity index (χ1n) is 10.1. The van der Waals surface area contributed by atoms with Gasteiger partial charge in [0, 0.05) is 34.9 Å². The Kier molecular flexibility index (Phi) is 6.70. The minimum atomic E-state index is -5.08. The molecule has 1 aromatic carbocycles. The molecule has 0 bridgehead atoms. The average Bonchev–Trinajstić information content (AvgIpc) is 3.49. The molecule has 0 aliphatic carbocycles. The Morgan fingerprint density at radius 3 is 2.65 bits per heavy atom. The summed E-state index contributed by atoms with van der Waals surface area (Å²) in [6, 6.07) is 10.1. The van der Waals surface area contributed by atoms with Crippen molar-refractivity contribution in [3.8, 4) is 33.5 Å². The Balaban J connectivity index is 0.000000344. The van der Waals surface area contributed by atoms with Gasteiger partial charge in [-0.15, -0.1) is 11.3 Å². The second-order valence-corrected chi connectivity index (χ2v) is 8.14. The van der Waals surface area contributed by atoms with E-state index in [4.69, 9.17) is 14.4 Å². The number of hydrogen-bond donors (Lipinski definition) is 2. The van der Waals surface area contributed by atoms with Crippen LogP contribution in [0.3, 0.4) is 0 Å². The Labute approximate surface area is 195 Å². The van der Waals surface area contributed by atoms with E-state index in [1.807, 2.05) is 48.8 Å². The van der Waals surface area contributed by atoms with Crippen LogP contribution in [0.15, 0.2) is 46.4 Å². The molecule has 176 valence electrons. The van der Waals surface area contributed by atoms with Crippen molar-refractivity contribution in [2.75, 3.05) is 6.54 Å². The van der Waals surface area contributed by atoms with Gasteiger partial charge < -0.3 is 14.9 Å². The first-order valence-corrected chi connectivity index (χ1v) is 11.0. The number of pyridine rings is 1. The predicted molar refractivity (Wildman–Crippen MR) is 118 cm³/mol. The van der Waals surface area contributed by atoms with Crippen molar-refractivity contribution in [3.05, 3.63) is 58.7 Å². The second-order valence-electron chi connectivity index (χ2n) is 7.28. The first kappa shape index (κ1) is 23.5. The lowest BCUT2D eigenvalue weighted by Crippen LogP contribution is -2.24. The Bertz CT molecular complexity index is 1300. The van der Waals surface area contributed by atoms with E-state index in [9.17, 15) is 13.2 Å². The Hall–Kier alpha value is -3.64. The summed E-state index contributed by atoms with van der Waals surface area (Å²) in [5, 5.41) is 17.5. The van der Waals surface area contributed by atoms with Crippen LogP contribution in [0, 0.1) is 6.92 Å². The van der Waals surface area contributed by atoms with Crippen molar-refractivity contribution >= 4 is 17.3 Å². The molecule has 1 aliphatic rings. The van der Waals surface area contributed by atoms with E-state index in [0.29, 0.717) is 11.7 Å². The molecule has 0 radical (unpaired) electrons. The van der Waals surface area contributed by atoms with Crippen LogP contribution in [0.25, 0.3) is 33.5 Å². The summed E-state index contributed by atoms with van der Waals surface area (Å²) >= 11 is 1.51. The summed E-state index contributed by atoms with van der Waals surface area (Å²) in [5.74, 6) is -1.72. The highest BCUT2D eigenvalue weighted by Crippen LogP contribution is 2.32. The van der Waals surface area contributed by atoms with E-state index in [2.05, 4.69) is 25.4 Å². The van der Waals surface area contributed by atoms with Gasteiger partial charge in [-0.25, -0.2) is 9.78 Å². The molecular formula is C22H18F3N5O3S. The lowest BCUT2D eigenvalue weighted by atomic mass is 9.95. The number of nitrogens with one attached hydrogen (secondary N) is 1. The molecular weight excluding hydrogens is 471 g/mol. The summed E-state index contributed by atoms with van der Waals surface area (Å²) < 4.78 is 37.3. The summed E-state index contributed by atoms with van der Waals surface area (Å²) in [7, 11) is 0. The van der Waals surface area contributed by atoms with E-state index >= 15 is 0 Å². The van der Waals surface area contributed by atoms with Crippen molar-refractivity contribution in [1.82, 2.24) is 25.4 Å². The fourth-order valence-electron chi connectivity index (χ4n) is 3.39. The van der Waals surface area contributed by atoms with Crippen LogP contribution in [0.1, 0.15) is 16.8 Å². The zero-order valence-corrected chi connectivity index (χ0v) is 18.6. The fourth-order valence-corrected chi connectivity index (χ4v) is 4.14. The number of benzene rings is 1. The molecule has 34 heavy (non-hydrogen) atoms. The van der Waals surface area contributed by atoms with Gasteiger partial charge >= 0.3 is 12.1 Å². The maximum Gasteiger partial charge on any atom is 0.490 e. The number of aryl methyl sites for hydroxylation is 1. The van der Waals surface area contributed by atoms with E-state index < -0.39 is 12.1 Å². The van der Waals surface area contributed by atoms with E-state index in [-0.39, 0.29) is 0 Å². The van der Waals surface area contributed by atoms with E-state index in [1.165, 1.54) is 22.5 Å². The number of carboxylic acid groups (broad SMARTS) is 1. The summed E-state index contributed by atoms with van der Waals surface area (Å²) in [6.07, 6.45) is -2.21. The smallest absolute Gasteiger partial charge is 0.475 e. The molecule has 0 saturated heterocycles. The van der Waals surface area contributed by atoms with Gasteiger partial charge in [0.15, 0.2) is 5.01 Å². The fraction of sp³-hybridized carbons (Fsp3) is 0.227. The zero-order valence-electron chi connectivity index (χ0n) is 17.8. The molecule has 0 unspecified atom stereocenters. The number of halogens is 3. The number of rotatable bonds is 3. The highest BCUT2D eigenvalue weighted by molar-refractivity contribution is 7.13. The Morgan fingerprint density at radius 2 is 1.94 bits per heavy atom. The minimum Gasteiger partial charge on any atom is -0.475 e. The average molecular weight is 489 g/mol. The maximum absolute atomic E-state index is 10.6. The van der Waals surface area contributed by atoms with Gasteiger partial charge in [-0.3, -0.25) is 4.98 Å². The molecule has 3 aromatic heterocycles. The van der Waals surface area contributed by atoms with E-state index in [0.717, 1.165) is 47.0 Å². The zero-order chi connectivity index (χ0) is 24.3. The van der Waals surface area contributed by atoms with Crippen molar-refractivity contribution in [3.63, 3.8) is 0 Å².